The average molecular weight is 286 g/mol. The maximum atomic E-state index is 12.5. The van der Waals surface area contributed by atoms with E-state index in [-0.39, 0.29) is 17.8 Å². The Labute approximate surface area is 124 Å². The second-order valence-corrected chi connectivity index (χ2v) is 5.03. The Balaban J connectivity index is 2.08. The van der Waals surface area contributed by atoms with Crippen molar-refractivity contribution >= 4 is 11.9 Å². The van der Waals surface area contributed by atoms with Crippen molar-refractivity contribution in [2.75, 3.05) is 19.7 Å². The predicted molar refractivity (Wildman–Crippen MR) is 76.4 cm³/mol. The van der Waals surface area contributed by atoms with Gasteiger partial charge in [0.2, 0.25) is 0 Å². The topological polar surface area (TPSA) is 70.4 Å². The number of piperidine rings is 1. The van der Waals surface area contributed by atoms with Crippen molar-refractivity contribution in [2.24, 2.45) is 5.92 Å². The highest BCUT2D eigenvalue weighted by Crippen LogP contribution is 2.20. The van der Waals surface area contributed by atoms with Crippen molar-refractivity contribution < 1.29 is 14.3 Å². The van der Waals surface area contributed by atoms with E-state index >= 15 is 0 Å². The number of amides is 1. The van der Waals surface area contributed by atoms with E-state index in [2.05, 4.69) is 0 Å². The molecule has 1 heterocycles. The first-order valence-corrected chi connectivity index (χ1v) is 7.11. The largest absolute Gasteiger partial charge is 0.466 e. The molecule has 5 heteroatoms. The molecule has 0 N–H and O–H groups in total. The molecule has 0 spiro atoms. The average Bonchev–Trinajstić information content (AvgIpc) is 2.54. The van der Waals surface area contributed by atoms with Gasteiger partial charge in [0.1, 0.15) is 0 Å². The molecule has 1 fully saturated rings. The van der Waals surface area contributed by atoms with Crippen LogP contribution in [0.25, 0.3) is 0 Å². The smallest absolute Gasteiger partial charge is 0.310 e. The van der Waals surface area contributed by atoms with E-state index < -0.39 is 0 Å². The van der Waals surface area contributed by atoms with Crippen LogP contribution in [0, 0.1) is 17.2 Å². The fourth-order valence-corrected chi connectivity index (χ4v) is 2.52. The number of rotatable bonds is 3. The zero-order valence-electron chi connectivity index (χ0n) is 12.0. The first kappa shape index (κ1) is 15.0. The molecule has 1 aliphatic rings. The molecule has 0 unspecified atom stereocenters. The molecule has 0 bridgehead atoms. The van der Waals surface area contributed by atoms with Gasteiger partial charge in [-0.1, -0.05) is 6.07 Å². The quantitative estimate of drug-likeness (QED) is 0.797. The lowest BCUT2D eigenvalue weighted by atomic mass is 9.97. The van der Waals surface area contributed by atoms with Crippen LogP contribution >= 0.6 is 0 Å². The van der Waals surface area contributed by atoms with Crippen molar-refractivity contribution in [1.82, 2.24) is 4.90 Å². The summed E-state index contributed by atoms with van der Waals surface area (Å²) >= 11 is 0. The van der Waals surface area contributed by atoms with E-state index in [1.165, 1.54) is 0 Å². The van der Waals surface area contributed by atoms with Crippen molar-refractivity contribution in [2.45, 2.75) is 19.8 Å². The SMILES string of the molecule is CCOC(=O)[C@@H]1CCCN(C(=O)c2cccc(C#N)c2)C1. The Morgan fingerprint density at radius 1 is 1.48 bits per heavy atom. The predicted octanol–water partition coefficient (Wildman–Crippen LogP) is 1.97. The molecule has 0 aliphatic carbocycles. The lowest BCUT2D eigenvalue weighted by Gasteiger charge is -2.31. The third-order valence-electron chi connectivity index (χ3n) is 3.57. The van der Waals surface area contributed by atoms with Gasteiger partial charge in [0.05, 0.1) is 24.2 Å². The lowest BCUT2D eigenvalue weighted by molar-refractivity contribution is -0.149. The molecule has 1 atom stereocenters. The minimum Gasteiger partial charge on any atom is -0.466 e. The molecule has 1 aromatic rings. The number of nitrogens with zero attached hydrogens (tertiary/aromatic N) is 2. The van der Waals surface area contributed by atoms with Gasteiger partial charge in [0.15, 0.2) is 0 Å². The van der Waals surface area contributed by atoms with E-state index in [1.54, 1.807) is 36.1 Å². The summed E-state index contributed by atoms with van der Waals surface area (Å²) in [4.78, 5) is 25.9. The molecule has 0 saturated carbocycles. The van der Waals surface area contributed by atoms with Gasteiger partial charge in [0.25, 0.3) is 5.91 Å². The number of ether oxygens (including phenoxy) is 1. The third kappa shape index (κ3) is 3.60. The maximum absolute atomic E-state index is 12.5. The number of likely N-dealkylation sites (tertiary alicyclic amines) is 1. The third-order valence-corrected chi connectivity index (χ3v) is 3.57. The standard InChI is InChI=1S/C16H18N2O3/c1-2-21-16(20)14-7-4-8-18(11-14)15(19)13-6-3-5-12(9-13)10-17/h3,5-6,9,14H,2,4,7-8,11H2,1H3/t14-/m1/s1. The second-order valence-electron chi connectivity index (χ2n) is 5.03. The monoisotopic (exact) mass is 286 g/mol. The molecular weight excluding hydrogens is 268 g/mol. The van der Waals surface area contributed by atoms with Gasteiger partial charge in [-0.25, -0.2) is 0 Å². The number of carbonyl (C=O) groups is 2. The number of benzene rings is 1. The van der Waals surface area contributed by atoms with Gasteiger partial charge in [-0.3, -0.25) is 9.59 Å². The number of esters is 1. The number of hydrogen-bond donors (Lipinski definition) is 0. The Kier molecular flexibility index (Phi) is 4.94. The van der Waals surface area contributed by atoms with Crippen LogP contribution in [-0.2, 0) is 9.53 Å². The summed E-state index contributed by atoms with van der Waals surface area (Å²) in [6.45, 7) is 3.14. The van der Waals surface area contributed by atoms with Crippen LogP contribution in [0.4, 0.5) is 0 Å². The molecule has 5 nitrogen and oxygen atoms in total. The van der Waals surface area contributed by atoms with Gasteiger partial charge in [0, 0.05) is 18.7 Å². The van der Waals surface area contributed by atoms with E-state index in [9.17, 15) is 9.59 Å². The lowest BCUT2D eigenvalue weighted by Crippen LogP contribution is -2.42. The highest BCUT2D eigenvalue weighted by atomic mass is 16.5. The van der Waals surface area contributed by atoms with E-state index in [0.29, 0.717) is 30.8 Å². The summed E-state index contributed by atoms with van der Waals surface area (Å²) in [7, 11) is 0. The first-order chi connectivity index (χ1) is 10.2. The summed E-state index contributed by atoms with van der Waals surface area (Å²) in [5.74, 6) is -0.622. The van der Waals surface area contributed by atoms with E-state index in [0.717, 1.165) is 12.8 Å². The van der Waals surface area contributed by atoms with Crippen molar-refractivity contribution in [1.29, 1.82) is 5.26 Å². The van der Waals surface area contributed by atoms with Gasteiger partial charge < -0.3 is 9.64 Å². The van der Waals surface area contributed by atoms with Crippen molar-refractivity contribution in [3.05, 3.63) is 35.4 Å². The van der Waals surface area contributed by atoms with Gasteiger partial charge in [-0.2, -0.15) is 5.26 Å². The van der Waals surface area contributed by atoms with Crippen LogP contribution in [0.15, 0.2) is 24.3 Å². The zero-order chi connectivity index (χ0) is 15.2. The summed E-state index contributed by atoms with van der Waals surface area (Å²) < 4.78 is 5.03. The molecular formula is C16H18N2O3. The summed E-state index contributed by atoms with van der Waals surface area (Å²) in [5.41, 5.74) is 0.943. The molecule has 1 aliphatic heterocycles. The Morgan fingerprint density at radius 3 is 3.00 bits per heavy atom. The van der Waals surface area contributed by atoms with Crippen LogP contribution in [0.2, 0.25) is 0 Å². The summed E-state index contributed by atoms with van der Waals surface area (Å²) in [6.07, 6.45) is 1.54. The van der Waals surface area contributed by atoms with Crippen molar-refractivity contribution in [3.8, 4) is 6.07 Å². The molecule has 1 aromatic carbocycles. The van der Waals surface area contributed by atoms with Gasteiger partial charge >= 0.3 is 5.97 Å². The first-order valence-electron chi connectivity index (χ1n) is 7.11. The number of nitriles is 1. The summed E-state index contributed by atoms with van der Waals surface area (Å²) in [6, 6.07) is 8.65. The molecule has 2 rings (SSSR count). The number of carbonyl (C=O) groups excluding carboxylic acids is 2. The van der Waals surface area contributed by atoms with E-state index in [4.69, 9.17) is 10.00 Å². The van der Waals surface area contributed by atoms with Crippen LogP contribution in [-0.4, -0.2) is 36.5 Å². The fraction of sp³-hybridized carbons (Fsp3) is 0.438. The molecule has 0 aromatic heterocycles. The highest BCUT2D eigenvalue weighted by molar-refractivity contribution is 5.95. The minimum atomic E-state index is -0.248. The molecule has 21 heavy (non-hydrogen) atoms. The Bertz CT molecular complexity index is 577. The van der Waals surface area contributed by atoms with Crippen LogP contribution in [0.5, 0.6) is 0 Å². The molecule has 0 radical (unpaired) electrons. The van der Waals surface area contributed by atoms with E-state index in [1.807, 2.05) is 6.07 Å². The minimum absolute atomic E-state index is 0.138. The van der Waals surface area contributed by atoms with Gasteiger partial charge in [-0.05, 0) is 38.0 Å². The van der Waals surface area contributed by atoms with Crippen LogP contribution < -0.4 is 0 Å². The maximum Gasteiger partial charge on any atom is 0.310 e. The van der Waals surface area contributed by atoms with Gasteiger partial charge in [-0.15, -0.1) is 0 Å². The summed E-state index contributed by atoms with van der Waals surface area (Å²) in [5, 5.41) is 8.89. The molecule has 1 saturated heterocycles. The Hall–Kier alpha value is -2.35. The Morgan fingerprint density at radius 2 is 2.29 bits per heavy atom. The second kappa shape index (κ2) is 6.89. The molecule has 1 amide bonds. The van der Waals surface area contributed by atoms with Crippen LogP contribution in [0.1, 0.15) is 35.7 Å². The highest BCUT2D eigenvalue weighted by Gasteiger charge is 2.29. The van der Waals surface area contributed by atoms with Crippen LogP contribution in [0.3, 0.4) is 0 Å². The fourth-order valence-electron chi connectivity index (χ4n) is 2.52. The van der Waals surface area contributed by atoms with Crippen molar-refractivity contribution in [3.63, 3.8) is 0 Å². The number of hydrogen-bond acceptors (Lipinski definition) is 4. The zero-order valence-corrected chi connectivity index (χ0v) is 12.0. The molecule has 110 valence electrons. The normalized spacial score (nSPS) is 17.9.